The first-order valence-corrected chi connectivity index (χ1v) is 23.3. The zero-order chi connectivity index (χ0) is 43.5. The Morgan fingerprint density at radius 3 is 0.516 bits per heavy atom. The predicted molar refractivity (Wildman–Crippen MR) is 237 cm³/mol. The van der Waals surface area contributed by atoms with Crippen molar-refractivity contribution in [1.82, 2.24) is 0 Å². The molecule has 0 N–H and O–H groups in total. The van der Waals surface area contributed by atoms with Gasteiger partial charge in [-0.15, -0.1) is 0 Å². The van der Waals surface area contributed by atoms with Gasteiger partial charge >= 0.3 is 0 Å². The van der Waals surface area contributed by atoms with Gasteiger partial charge in [-0.1, -0.05) is 27.7 Å². The van der Waals surface area contributed by atoms with E-state index in [1.54, 1.807) is 0 Å². The van der Waals surface area contributed by atoms with Crippen molar-refractivity contribution in [2.24, 2.45) is 0 Å². The molecule has 4 aromatic carbocycles. The minimum Gasteiger partial charge on any atom is -0.487 e. The molecule has 0 radical (unpaired) electrons. The highest BCUT2D eigenvalue weighted by Crippen LogP contribution is 2.64. The summed E-state index contributed by atoms with van der Waals surface area (Å²) in [6.07, 6.45) is 3.88. The molecule has 0 fully saturated rings. The first kappa shape index (κ1) is 41.8. The summed E-state index contributed by atoms with van der Waals surface area (Å²) in [5.74, 6) is 5.54. The summed E-state index contributed by atoms with van der Waals surface area (Å²) >= 11 is 0. The standard InChI is InChI=1S/C52H60O12/c1-49-5-6-50(2)35-27-43-41(25-33(35)49)57-17-9-53-13-21-61-45-29-37-39(31-47(45)63-23-15-55-11-19-59-43)52(4)8-7-51(37,3)38-30-46-48(32-40(38)52)64-24-16-56-12-20-60-44-28-36(50)34(49)26-42(44)58-18-10-54-14-22-62-46/h25-32H,5-24H2,1-4H3. The van der Waals surface area contributed by atoms with Crippen LogP contribution in [0, 0.1) is 0 Å². The van der Waals surface area contributed by atoms with E-state index >= 15 is 0 Å². The Balaban J connectivity index is 1.02. The monoisotopic (exact) mass is 876 g/mol. The third kappa shape index (κ3) is 6.93. The van der Waals surface area contributed by atoms with E-state index in [0.717, 1.165) is 25.7 Å². The molecule has 0 unspecified atom stereocenters. The second-order valence-corrected chi connectivity index (χ2v) is 18.9. The van der Waals surface area contributed by atoms with E-state index in [1.165, 1.54) is 44.5 Å². The van der Waals surface area contributed by atoms with Crippen LogP contribution in [0.4, 0.5) is 0 Å². The van der Waals surface area contributed by atoms with Crippen LogP contribution in [0.2, 0.25) is 0 Å². The van der Waals surface area contributed by atoms with E-state index < -0.39 is 0 Å². The van der Waals surface area contributed by atoms with Gasteiger partial charge in [-0.25, -0.2) is 0 Å². The third-order valence-corrected chi connectivity index (χ3v) is 15.2. The number of hydrogen-bond acceptors (Lipinski definition) is 12. The van der Waals surface area contributed by atoms with Gasteiger partial charge in [0.25, 0.3) is 0 Å². The minimum absolute atomic E-state index is 0.309. The minimum atomic E-state index is -0.309. The highest BCUT2D eigenvalue weighted by atomic mass is 16.6. The molecule has 12 heteroatoms. The van der Waals surface area contributed by atoms with Gasteiger partial charge in [0.15, 0.2) is 46.0 Å². The second kappa shape index (κ2) is 16.5. The SMILES string of the molecule is CC12CCC3(C)c4cc5c(cc41)OCCOCCOc1cc4c(cc1OCCOCCO5)C1(C)CCC4(C)c4cc5c(cc41)OCCOCCOc1cc3c2cc1OCCOCCO5. The van der Waals surface area contributed by atoms with Gasteiger partial charge in [-0.3, -0.25) is 0 Å². The van der Waals surface area contributed by atoms with Crippen molar-refractivity contribution < 1.29 is 56.8 Å². The molecule has 0 aromatic heterocycles. The average molecular weight is 877 g/mol. The Bertz CT molecular complexity index is 1950. The third-order valence-electron chi connectivity index (χ3n) is 15.2. The van der Waals surface area contributed by atoms with E-state index in [-0.39, 0.29) is 21.7 Å². The molecule has 0 saturated carbocycles. The van der Waals surface area contributed by atoms with Crippen molar-refractivity contribution in [3.8, 4) is 46.0 Å². The van der Waals surface area contributed by atoms with Crippen molar-refractivity contribution >= 4 is 0 Å². The number of ether oxygens (including phenoxy) is 12. The quantitative estimate of drug-likeness (QED) is 0.171. The Hall–Kier alpha value is -4.88. The number of fused-ring (bicyclic) bond motifs is 6. The van der Waals surface area contributed by atoms with Crippen LogP contribution in [0.15, 0.2) is 48.5 Å². The average Bonchev–Trinajstić information content (AvgIpc) is 3.29. The van der Waals surface area contributed by atoms with E-state index in [4.69, 9.17) is 56.8 Å². The molecule has 64 heavy (non-hydrogen) atoms. The van der Waals surface area contributed by atoms with Crippen LogP contribution in [0.25, 0.3) is 0 Å². The molecule has 0 amide bonds. The summed E-state index contributed by atoms with van der Waals surface area (Å²) in [6, 6.07) is 17.6. The summed E-state index contributed by atoms with van der Waals surface area (Å²) in [7, 11) is 0. The van der Waals surface area contributed by atoms with Gasteiger partial charge in [0.2, 0.25) is 0 Å². The summed E-state index contributed by atoms with van der Waals surface area (Å²) in [4.78, 5) is 0. The summed E-state index contributed by atoms with van der Waals surface area (Å²) < 4.78 is 76.9. The molecule has 4 aromatic rings. The zero-order valence-corrected chi connectivity index (χ0v) is 37.7. The van der Waals surface area contributed by atoms with Crippen molar-refractivity contribution in [3.05, 3.63) is 93.0 Å². The van der Waals surface area contributed by atoms with Gasteiger partial charge in [-0.05, 0) is 119 Å². The normalized spacial score (nSPS) is 28.7. The molecule has 0 spiro atoms. The van der Waals surface area contributed by atoms with Crippen LogP contribution < -0.4 is 37.9 Å². The van der Waals surface area contributed by atoms with E-state index in [0.29, 0.717) is 152 Å². The lowest BCUT2D eigenvalue weighted by Crippen LogP contribution is -2.46. The Labute approximate surface area is 375 Å². The largest absolute Gasteiger partial charge is 0.487 e. The molecule has 12 rings (SSSR count). The Morgan fingerprint density at radius 1 is 0.234 bits per heavy atom. The van der Waals surface area contributed by atoms with Crippen molar-refractivity contribution in [2.45, 2.75) is 75.0 Å². The number of benzene rings is 4. The molecule has 8 aliphatic rings. The Kier molecular flexibility index (Phi) is 10.8. The molecule has 0 saturated heterocycles. The van der Waals surface area contributed by atoms with Gasteiger partial charge in [0.05, 0.1) is 52.9 Å². The fraction of sp³-hybridized carbons (Fsp3) is 0.538. The molecule has 4 bridgehead atoms. The van der Waals surface area contributed by atoms with Crippen LogP contribution in [0.3, 0.4) is 0 Å². The van der Waals surface area contributed by atoms with Crippen LogP contribution in [-0.2, 0) is 40.6 Å². The van der Waals surface area contributed by atoms with Crippen molar-refractivity contribution in [1.29, 1.82) is 0 Å². The van der Waals surface area contributed by atoms with Crippen LogP contribution in [0.5, 0.6) is 46.0 Å². The number of hydrogen-bond donors (Lipinski definition) is 0. The van der Waals surface area contributed by atoms with Gasteiger partial charge in [0.1, 0.15) is 52.9 Å². The molecule has 12 nitrogen and oxygen atoms in total. The summed E-state index contributed by atoms with van der Waals surface area (Å²) in [5, 5.41) is 0. The van der Waals surface area contributed by atoms with E-state index in [9.17, 15) is 0 Å². The maximum absolute atomic E-state index is 6.54. The fourth-order valence-electron chi connectivity index (χ4n) is 11.5. The number of rotatable bonds is 0. The molecule has 2 aliphatic heterocycles. The Morgan fingerprint density at radius 2 is 0.375 bits per heavy atom. The molecule has 2 heterocycles. The second-order valence-electron chi connectivity index (χ2n) is 18.9. The highest BCUT2D eigenvalue weighted by Gasteiger charge is 2.54. The lowest BCUT2D eigenvalue weighted by Gasteiger charge is -2.53. The molecular formula is C52H60O12. The maximum atomic E-state index is 6.54. The first-order valence-electron chi connectivity index (χ1n) is 23.3. The summed E-state index contributed by atoms with van der Waals surface area (Å²) in [6.45, 7) is 15.2. The van der Waals surface area contributed by atoms with Crippen LogP contribution in [-0.4, -0.2) is 106 Å². The van der Waals surface area contributed by atoms with Crippen molar-refractivity contribution in [2.75, 3.05) is 106 Å². The summed E-state index contributed by atoms with van der Waals surface area (Å²) in [5.41, 5.74) is 8.62. The molecule has 6 aliphatic carbocycles. The first-order chi connectivity index (χ1) is 31.2. The van der Waals surface area contributed by atoms with Gasteiger partial charge in [-0.2, -0.15) is 0 Å². The van der Waals surface area contributed by atoms with Gasteiger partial charge < -0.3 is 56.8 Å². The van der Waals surface area contributed by atoms with Crippen molar-refractivity contribution in [3.63, 3.8) is 0 Å². The van der Waals surface area contributed by atoms with Crippen LogP contribution >= 0.6 is 0 Å². The lowest BCUT2D eigenvalue weighted by atomic mass is 9.50. The lowest BCUT2D eigenvalue weighted by molar-refractivity contribution is 0.0634. The zero-order valence-electron chi connectivity index (χ0n) is 37.7. The molecule has 0 atom stereocenters. The maximum Gasteiger partial charge on any atom is 0.161 e. The smallest absolute Gasteiger partial charge is 0.161 e. The predicted octanol–water partition coefficient (Wildman–Crippen LogP) is 7.96. The van der Waals surface area contributed by atoms with E-state index in [1.807, 2.05) is 0 Å². The van der Waals surface area contributed by atoms with Gasteiger partial charge in [0, 0.05) is 21.7 Å². The van der Waals surface area contributed by atoms with E-state index in [2.05, 4.69) is 76.2 Å². The van der Waals surface area contributed by atoms with Crippen LogP contribution in [0.1, 0.15) is 97.9 Å². The molecular weight excluding hydrogens is 817 g/mol. The highest BCUT2D eigenvalue weighted by molar-refractivity contribution is 5.70. The molecule has 340 valence electrons. The topological polar surface area (TPSA) is 111 Å². The fourth-order valence-corrected chi connectivity index (χ4v) is 11.5.